The lowest BCUT2D eigenvalue weighted by Crippen LogP contribution is -2.35. The van der Waals surface area contributed by atoms with E-state index in [4.69, 9.17) is 16.3 Å². The molecule has 2 aliphatic rings. The number of rotatable bonds is 1. The second-order valence-electron chi connectivity index (χ2n) is 5.86. The summed E-state index contributed by atoms with van der Waals surface area (Å²) in [5.41, 5.74) is 3.69. The maximum absolute atomic E-state index is 6.18. The molecule has 0 spiro atoms. The zero-order valence-electron chi connectivity index (χ0n) is 11.8. The summed E-state index contributed by atoms with van der Waals surface area (Å²) in [4.78, 5) is 0. The summed E-state index contributed by atoms with van der Waals surface area (Å²) in [7, 11) is 0. The van der Waals surface area contributed by atoms with E-state index in [2.05, 4.69) is 41.7 Å². The standard InChI is InChI=1S/C18H18ClNO/c19-13-8-9-16-15(11-13)18-14(7-4-10-21-18)17(20-16)12-5-2-1-3-6-12/h1-3,5-6,8-9,11,14,17-18,20H,4,7,10H2. The zero-order valence-corrected chi connectivity index (χ0v) is 12.5. The molecular formula is C18H18ClNO. The minimum Gasteiger partial charge on any atom is -0.378 e. The lowest BCUT2D eigenvalue weighted by molar-refractivity contribution is -0.0381. The van der Waals surface area contributed by atoms with Gasteiger partial charge in [0.2, 0.25) is 0 Å². The summed E-state index contributed by atoms with van der Waals surface area (Å²) < 4.78 is 6.12. The number of fused-ring (bicyclic) bond motifs is 3. The van der Waals surface area contributed by atoms with Crippen molar-refractivity contribution in [1.29, 1.82) is 0 Å². The summed E-state index contributed by atoms with van der Waals surface area (Å²) >= 11 is 6.18. The number of anilines is 1. The molecule has 1 fully saturated rings. The zero-order chi connectivity index (χ0) is 14.2. The Morgan fingerprint density at radius 1 is 1.10 bits per heavy atom. The fraction of sp³-hybridized carbons (Fsp3) is 0.333. The van der Waals surface area contributed by atoms with E-state index in [0.29, 0.717) is 12.0 Å². The first kappa shape index (κ1) is 13.2. The number of benzene rings is 2. The smallest absolute Gasteiger partial charge is 0.0896 e. The first-order valence-electron chi connectivity index (χ1n) is 7.55. The van der Waals surface area contributed by atoms with Gasteiger partial charge in [0.15, 0.2) is 0 Å². The molecule has 1 saturated heterocycles. The van der Waals surface area contributed by atoms with Gasteiger partial charge in [0, 0.05) is 28.8 Å². The highest BCUT2D eigenvalue weighted by atomic mass is 35.5. The lowest BCUT2D eigenvalue weighted by atomic mass is 9.77. The molecule has 1 N–H and O–H groups in total. The van der Waals surface area contributed by atoms with Gasteiger partial charge in [-0.3, -0.25) is 0 Å². The molecule has 108 valence electrons. The van der Waals surface area contributed by atoms with Crippen molar-refractivity contribution in [2.45, 2.75) is 25.0 Å². The highest BCUT2D eigenvalue weighted by Gasteiger charge is 2.39. The van der Waals surface area contributed by atoms with Gasteiger partial charge in [-0.25, -0.2) is 0 Å². The van der Waals surface area contributed by atoms with Crippen molar-refractivity contribution >= 4 is 17.3 Å². The van der Waals surface area contributed by atoms with Gasteiger partial charge in [-0.05, 0) is 36.6 Å². The molecule has 2 nitrogen and oxygen atoms in total. The minimum atomic E-state index is 0.152. The number of ether oxygens (including phenoxy) is 1. The summed E-state index contributed by atoms with van der Waals surface area (Å²) in [6.45, 7) is 0.842. The van der Waals surface area contributed by atoms with Gasteiger partial charge in [0.25, 0.3) is 0 Å². The number of halogens is 1. The number of nitrogens with one attached hydrogen (secondary N) is 1. The molecule has 4 rings (SSSR count). The molecule has 3 unspecified atom stereocenters. The molecule has 0 aliphatic carbocycles. The maximum Gasteiger partial charge on any atom is 0.0896 e. The van der Waals surface area contributed by atoms with Crippen molar-refractivity contribution in [3.8, 4) is 0 Å². The number of hydrogen-bond acceptors (Lipinski definition) is 2. The first-order chi connectivity index (χ1) is 10.3. The average Bonchev–Trinajstić information content (AvgIpc) is 2.55. The van der Waals surface area contributed by atoms with Crippen molar-refractivity contribution in [1.82, 2.24) is 0 Å². The second-order valence-corrected chi connectivity index (χ2v) is 6.30. The Labute approximate surface area is 130 Å². The molecule has 3 atom stereocenters. The van der Waals surface area contributed by atoms with E-state index in [1.54, 1.807) is 0 Å². The SMILES string of the molecule is Clc1ccc2c(c1)C1OCCCC1C(c1ccccc1)N2. The molecule has 3 heteroatoms. The summed E-state index contributed by atoms with van der Waals surface area (Å²) in [6.07, 6.45) is 2.46. The quantitative estimate of drug-likeness (QED) is 0.802. The lowest BCUT2D eigenvalue weighted by Gasteiger charge is -2.43. The Balaban J connectivity index is 1.79. The van der Waals surface area contributed by atoms with Gasteiger partial charge in [0.05, 0.1) is 12.1 Å². The van der Waals surface area contributed by atoms with Crippen LogP contribution in [0.4, 0.5) is 5.69 Å². The van der Waals surface area contributed by atoms with Gasteiger partial charge in [0.1, 0.15) is 0 Å². The van der Waals surface area contributed by atoms with E-state index in [0.717, 1.165) is 23.7 Å². The Bertz CT molecular complexity index is 643. The van der Waals surface area contributed by atoms with E-state index in [9.17, 15) is 0 Å². The molecular weight excluding hydrogens is 282 g/mol. The van der Waals surface area contributed by atoms with Crippen molar-refractivity contribution < 1.29 is 4.74 Å². The van der Waals surface area contributed by atoms with E-state index in [1.807, 2.05) is 12.1 Å². The third kappa shape index (κ3) is 2.33. The molecule has 2 aromatic rings. The van der Waals surface area contributed by atoms with Crippen LogP contribution in [0, 0.1) is 5.92 Å². The highest BCUT2D eigenvalue weighted by Crippen LogP contribution is 2.49. The average molecular weight is 300 g/mol. The molecule has 2 aromatic carbocycles. The fourth-order valence-electron chi connectivity index (χ4n) is 3.63. The van der Waals surface area contributed by atoms with Crippen LogP contribution in [0.3, 0.4) is 0 Å². The van der Waals surface area contributed by atoms with Crippen LogP contribution in [0.1, 0.15) is 36.1 Å². The van der Waals surface area contributed by atoms with Gasteiger partial charge < -0.3 is 10.1 Å². The summed E-state index contributed by atoms with van der Waals surface area (Å²) in [6, 6.07) is 17.0. The Morgan fingerprint density at radius 3 is 2.81 bits per heavy atom. The van der Waals surface area contributed by atoms with E-state index in [1.165, 1.54) is 17.5 Å². The second kappa shape index (κ2) is 5.36. The van der Waals surface area contributed by atoms with Crippen LogP contribution in [0.15, 0.2) is 48.5 Å². The fourth-order valence-corrected chi connectivity index (χ4v) is 3.81. The molecule has 0 radical (unpaired) electrons. The third-order valence-corrected chi connectivity index (χ3v) is 4.82. The van der Waals surface area contributed by atoms with Gasteiger partial charge in [-0.15, -0.1) is 0 Å². The van der Waals surface area contributed by atoms with E-state index < -0.39 is 0 Å². The molecule has 0 bridgehead atoms. The minimum absolute atomic E-state index is 0.152. The van der Waals surface area contributed by atoms with Gasteiger partial charge in [-0.1, -0.05) is 41.9 Å². The van der Waals surface area contributed by atoms with Crippen LogP contribution in [0.25, 0.3) is 0 Å². The van der Waals surface area contributed by atoms with Crippen LogP contribution in [0.2, 0.25) is 5.02 Å². The van der Waals surface area contributed by atoms with Crippen molar-refractivity contribution in [3.63, 3.8) is 0 Å². The normalized spacial score (nSPS) is 27.4. The topological polar surface area (TPSA) is 21.3 Å². The van der Waals surface area contributed by atoms with Gasteiger partial charge >= 0.3 is 0 Å². The molecule has 0 amide bonds. The monoisotopic (exact) mass is 299 g/mol. The van der Waals surface area contributed by atoms with Crippen LogP contribution >= 0.6 is 11.6 Å². The van der Waals surface area contributed by atoms with Crippen molar-refractivity contribution in [2.24, 2.45) is 5.92 Å². The van der Waals surface area contributed by atoms with Crippen molar-refractivity contribution in [2.75, 3.05) is 11.9 Å². The van der Waals surface area contributed by atoms with Crippen LogP contribution < -0.4 is 5.32 Å². The predicted octanol–water partition coefficient (Wildman–Crippen LogP) is 4.97. The molecule has 0 aromatic heterocycles. The predicted molar refractivity (Wildman–Crippen MR) is 85.7 cm³/mol. The Hall–Kier alpha value is -1.51. The summed E-state index contributed by atoms with van der Waals surface area (Å²) in [5, 5.41) is 4.48. The largest absolute Gasteiger partial charge is 0.378 e. The summed E-state index contributed by atoms with van der Waals surface area (Å²) in [5.74, 6) is 0.465. The third-order valence-electron chi connectivity index (χ3n) is 4.59. The van der Waals surface area contributed by atoms with Crippen LogP contribution in [0.5, 0.6) is 0 Å². The van der Waals surface area contributed by atoms with E-state index >= 15 is 0 Å². The van der Waals surface area contributed by atoms with Gasteiger partial charge in [-0.2, -0.15) is 0 Å². The highest BCUT2D eigenvalue weighted by molar-refractivity contribution is 6.30. The maximum atomic E-state index is 6.18. The molecule has 21 heavy (non-hydrogen) atoms. The number of hydrogen-bond donors (Lipinski definition) is 1. The molecule has 0 saturated carbocycles. The Morgan fingerprint density at radius 2 is 1.95 bits per heavy atom. The van der Waals surface area contributed by atoms with Crippen molar-refractivity contribution in [3.05, 3.63) is 64.7 Å². The van der Waals surface area contributed by atoms with Crippen LogP contribution in [-0.2, 0) is 4.74 Å². The Kier molecular flexibility index (Phi) is 3.36. The molecule has 2 heterocycles. The first-order valence-corrected chi connectivity index (χ1v) is 7.93. The van der Waals surface area contributed by atoms with Crippen LogP contribution in [-0.4, -0.2) is 6.61 Å². The van der Waals surface area contributed by atoms with E-state index in [-0.39, 0.29) is 6.10 Å². The molecule has 2 aliphatic heterocycles.